The van der Waals surface area contributed by atoms with Crippen LogP contribution in [0.2, 0.25) is 0 Å². The van der Waals surface area contributed by atoms with Crippen LogP contribution in [0.4, 0.5) is 5.69 Å². The lowest BCUT2D eigenvalue weighted by Crippen LogP contribution is -2.41. The Balaban J connectivity index is 1.44. The highest BCUT2D eigenvalue weighted by Crippen LogP contribution is 2.26. The lowest BCUT2D eigenvalue weighted by atomic mass is 9.86. The number of hydrogen-bond acceptors (Lipinski definition) is 6. The summed E-state index contributed by atoms with van der Waals surface area (Å²) >= 11 is 1.35. The minimum Gasteiger partial charge on any atom is -0.385 e. The van der Waals surface area contributed by atoms with Crippen molar-refractivity contribution >= 4 is 27.2 Å². The van der Waals surface area contributed by atoms with Gasteiger partial charge in [-0.1, -0.05) is 16.6 Å². The van der Waals surface area contributed by atoms with Crippen molar-refractivity contribution in [1.82, 2.24) is 14.3 Å². The summed E-state index contributed by atoms with van der Waals surface area (Å²) in [5.74, 6) is 0.581. The fraction of sp³-hybridized carbons (Fsp3) is 0.556. The van der Waals surface area contributed by atoms with Gasteiger partial charge in [-0.3, -0.25) is 0 Å². The van der Waals surface area contributed by atoms with Crippen LogP contribution in [0, 0.1) is 5.92 Å². The first kappa shape index (κ1) is 19.3. The first-order valence-corrected chi connectivity index (χ1v) is 11.4. The molecule has 0 radical (unpaired) electrons. The standard InChI is InChI=1S/C18H26N4O2S2/c1-13(2)26(23,24)21-17-7-3-14(4-8-17)11-19-16-9-5-15(6-10-16)18-12-25-22-20-18/h5-6,9-10,12-14,17,19,21H,3-4,7-8,11H2,1-2H3. The van der Waals surface area contributed by atoms with Crippen molar-refractivity contribution in [2.24, 2.45) is 5.92 Å². The maximum Gasteiger partial charge on any atom is 0.214 e. The third-order valence-corrected chi connectivity index (χ3v) is 7.34. The monoisotopic (exact) mass is 394 g/mol. The van der Waals surface area contributed by atoms with Gasteiger partial charge in [-0.2, -0.15) is 0 Å². The molecule has 1 heterocycles. The van der Waals surface area contributed by atoms with E-state index in [0.29, 0.717) is 5.92 Å². The lowest BCUT2D eigenvalue weighted by Gasteiger charge is -2.29. The summed E-state index contributed by atoms with van der Waals surface area (Å²) in [6.07, 6.45) is 3.91. The van der Waals surface area contributed by atoms with Crippen molar-refractivity contribution in [1.29, 1.82) is 0 Å². The van der Waals surface area contributed by atoms with Crippen LogP contribution in [0.15, 0.2) is 29.6 Å². The van der Waals surface area contributed by atoms with Crippen LogP contribution in [-0.2, 0) is 10.0 Å². The molecule has 0 amide bonds. The normalized spacial score (nSPS) is 21.0. The molecule has 1 aliphatic carbocycles. The molecule has 1 saturated carbocycles. The van der Waals surface area contributed by atoms with E-state index in [0.717, 1.165) is 49.2 Å². The van der Waals surface area contributed by atoms with Gasteiger partial charge < -0.3 is 5.32 Å². The first-order valence-electron chi connectivity index (χ1n) is 9.06. The van der Waals surface area contributed by atoms with E-state index in [-0.39, 0.29) is 11.3 Å². The summed E-state index contributed by atoms with van der Waals surface area (Å²) in [5, 5.41) is 9.14. The lowest BCUT2D eigenvalue weighted by molar-refractivity contribution is 0.323. The van der Waals surface area contributed by atoms with Gasteiger partial charge in [-0.25, -0.2) is 13.1 Å². The maximum absolute atomic E-state index is 12.0. The molecule has 0 atom stereocenters. The summed E-state index contributed by atoms with van der Waals surface area (Å²) in [5.41, 5.74) is 3.07. The van der Waals surface area contributed by atoms with E-state index in [1.54, 1.807) is 13.8 Å². The molecule has 3 rings (SSSR count). The van der Waals surface area contributed by atoms with Gasteiger partial charge in [0, 0.05) is 29.2 Å². The van der Waals surface area contributed by atoms with Gasteiger partial charge in [0.25, 0.3) is 0 Å². The Hall–Kier alpha value is -1.51. The Bertz CT molecular complexity index is 781. The molecule has 2 aromatic rings. The number of benzene rings is 1. The maximum atomic E-state index is 12.0. The zero-order chi connectivity index (χ0) is 18.6. The van der Waals surface area contributed by atoms with E-state index in [1.807, 2.05) is 5.38 Å². The van der Waals surface area contributed by atoms with Gasteiger partial charge in [-0.05, 0) is 69.1 Å². The average Bonchev–Trinajstić information content (AvgIpc) is 3.16. The summed E-state index contributed by atoms with van der Waals surface area (Å²) in [6.45, 7) is 4.35. The number of anilines is 1. The van der Waals surface area contributed by atoms with Gasteiger partial charge >= 0.3 is 0 Å². The molecule has 6 nitrogen and oxygen atoms in total. The molecule has 1 fully saturated rings. The van der Waals surface area contributed by atoms with Crippen molar-refractivity contribution in [3.8, 4) is 11.3 Å². The average molecular weight is 395 g/mol. The second-order valence-corrected chi connectivity index (χ2v) is 10.1. The van der Waals surface area contributed by atoms with E-state index in [1.165, 1.54) is 11.5 Å². The Kier molecular flexibility index (Phi) is 6.26. The second kappa shape index (κ2) is 8.45. The van der Waals surface area contributed by atoms with Crippen LogP contribution >= 0.6 is 11.5 Å². The number of nitrogens with zero attached hydrogens (tertiary/aromatic N) is 2. The van der Waals surface area contributed by atoms with Crippen molar-refractivity contribution in [3.63, 3.8) is 0 Å². The predicted octanol–water partition coefficient (Wildman–Crippen LogP) is 3.50. The van der Waals surface area contributed by atoms with Crippen LogP contribution in [0.25, 0.3) is 11.3 Å². The zero-order valence-electron chi connectivity index (χ0n) is 15.2. The van der Waals surface area contributed by atoms with Gasteiger partial charge in [0.05, 0.1) is 5.25 Å². The molecular formula is C18H26N4O2S2. The minimum absolute atomic E-state index is 0.0876. The quantitative estimate of drug-likeness (QED) is 0.751. The SMILES string of the molecule is CC(C)S(=O)(=O)NC1CCC(CNc2ccc(-c3csnn3)cc2)CC1. The van der Waals surface area contributed by atoms with Crippen molar-refractivity contribution in [3.05, 3.63) is 29.6 Å². The minimum atomic E-state index is -3.17. The third-order valence-electron chi connectivity index (χ3n) is 4.93. The molecule has 0 aliphatic heterocycles. The molecule has 1 aromatic carbocycles. The van der Waals surface area contributed by atoms with Crippen LogP contribution in [0.1, 0.15) is 39.5 Å². The van der Waals surface area contributed by atoms with E-state index >= 15 is 0 Å². The van der Waals surface area contributed by atoms with Crippen molar-refractivity contribution in [2.45, 2.75) is 50.8 Å². The summed E-state index contributed by atoms with van der Waals surface area (Å²) < 4.78 is 30.7. The van der Waals surface area contributed by atoms with Crippen molar-refractivity contribution < 1.29 is 8.42 Å². The highest BCUT2D eigenvalue weighted by atomic mass is 32.2. The summed E-state index contributed by atoms with van der Waals surface area (Å²) in [4.78, 5) is 0. The molecule has 2 N–H and O–H groups in total. The van der Waals surface area contributed by atoms with E-state index in [4.69, 9.17) is 0 Å². The van der Waals surface area contributed by atoms with Crippen LogP contribution in [0.3, 0.4) is 0 Å². The largest absolute Gasteiger partial charge is 0.385 e. The molecule has 142 valence electrons. The smallest absolute Gasteiger partial charge is 0.214 e. The predicted molar refractivity (Wildman–Crippen MR) is 107 cm³/mol. The molecule has 0 saturated heterocycles. The van der Waals surface area contributed by atoms with Gasteiger partial charge in [-0.15, -0.1) is 5.10 Å². The third kappa shape index (κ3) is 5.02. The van der Waals surface area contributed by atoms with Crippen molar-refractivity contribution in [2.75, 3.05) is 11.9 Å². The molecule has 0 spiro atoms. The van der Waals surface area contributed by atoms with E-state index in [2.05, 4.69) is 43.9 Å². The van der Waals surface area contributed by atoms with E-state index in [9.17, 15) is 8.42 Å². The van der Waals surface area contributed by atoms with Crippen LogP contribution in [-0.4, -0.2) is 35.8 Å². The van der Waals surface area contributed by atoms with Gasteiger partial charge in [0.2, 0.25) is 10.0 Å². The summed E-state index contributed by atoms with van der Waals surface area (Å²) in [7, 11) is -3.17. The number of aromatic nitrogens is 2. The number of sulfonamides is 1. The van der Waals surface area contributed by atoms with Gasteiger partial charge in [0.15, 0.2) is 0 Å². The summed E-state index contributed by atoms with van der Waals surface area (Å²) in [6, 6.07) is 8.33. The first-order chi connectivity index (χ1) is 12.4. The molecule has 26 heavy (non-hydrogen) atoms. The molecule has 1 aliphatic rings. The Morgan fingerprint density at radius 3 is 2.42 bits per heavy atom. The Morgan fingerprint density at radius 1 is 1.15 bits per heavy atom. The van der Waals surface area contributed by atoms with E-state index < -0.39 is 10.0 Å². The molecule has 8 heteroatoms. The molecule has 0 bridgehead atoms. The Morgan fingerprint density at radius 2 is 1.85 bits per heavy atom. The molecular weight excluding hydrogens is 368 g/mol. The highest BCUT2D eigenvalue weighted by molar-refractivity contribution is 7.90. The second-order valence-electron chi connectivity index (χ2n) is 7.18. The van der Waals surface area contributed by atoms with Crippen LogP contribution in [0.5, 0.6) is 0 Å². The number of hydrogen-bond donors (Lipinski definition) is 2. The van der Waals surface area contributed by atoms with Gasteiger partial charge in [0.1, 0.15) is 5.69 Å². The fourth-order valence-electron chi connectivity index (χ4n) is 3.16. The highest BCUT2D eigenvalue weighted by Gasteiger charge is 2.26. The van der Waals surface area contributed by atoms with Crippen LogP contribution < -0.4 is 10.0 Å². The topological polar surface area (TPSA) is 84.0 Å². The number of nitrogens with one attached hydrogen (secondary N) is 2. The molecule has 0 unspecified atom stereocenters. The number of rotatable bonds is 7. The molecule has 1 aromatic heterocycles. The Labute approximate surface area is 159 Å². The zero-order valence-corrected chi connectivity index (χ0v) is 16.8. The fourth-order valence-corrected chi connectivity index (χ4v) is 4.60.